The van der Waals surface area contributed by atoms with Crippen LogP contribution in [-0.4, -0.2) is 31.8 Å². The summed E-state index contributed by atoms with van der Waals surface area (Å²) in [6.07, 6.45) is -3.79. The molecule has 0 saturated carbocycles. The first kappa shape index (κ1) is 17.3. The molecule has 0 spiro atoms. The van der Waals surface area contributed by atoms with Crippen LogP contribution in [0.1, 0.15) is 19.8 Å². The van der Waals surface area contributed by atoms with Crippen molar-refractivity contribution in [3.63, 3.8) is 0 Å². The van der Waals surface area contributed by atoms with E-state index in [1.807, 2.05) is 6.92 Å². The Morgan fingerprint density at radius 1 is 1.33 bits per heavy atom. The van der Waals surface area contributed by atoms with Crippen LogP contribution >= 0.6 is 0 Å². The molecule has 0 atom stereocenters. The van der Waals surface area contributed by atoms with Gasteiger partial charge in [0, 0.05) is 6.54 Å². The van der Waals surface area contributed by atoms with Gasteiger partial charge in [0.25, 0.3) is 0 Å². The molecule has 118 valence electrons. The number of halogens is 3. The molecule has 0 fully saturated rings. The number of nitrogens with two attached hydrogens (primary N) is 1. The zero-order chi connectivity index (χ0) is 15.9. The molecule has 0 aromatic heterocycles. The number of nitrogen functional groups attached to an aromatic ring is 1. The van der Waals surface area contributed by atoms with Crippen molar-refractivity contribution in [3.05, 3.63) is 24.3 Å². The summed E-state index contributed by atoms with van der Waals surface area (Å²) in [7, 11) is 0. The number of hydrogen-bond acceptors (Lipinski definition) is 3. The molecule has 0 bridgehead atoms. The van der Waals surface area contributed by atoms with Gasteiger partial charge in [0.05, 0.1) is 24.4 Å². The van der Waals surface area contributed by atoms with Crippen LogP contribution in [0.25, 0.3) is 0 Å². The third-order valence-corrected chi connectivity index (χ3v) is 2.70. The topological polar surface area (TPSA) is 55.6 Å². The fourth-order valence-corrected chi connectivity index (χ4v) is 1.82. The molecule has 4 nitrogen and oxygen atoms in total. The Morgan fingerprint density at radius 2 is 2.00 bits per heavy atom. The van der Waals surface area contributed by atoms with Gasteiger partial charge in [-0.3, -0.25) is 4.79 Å². The van der Waals surface area contributed by atoms with E-state index in [-0.39, 0.29) is 18.9 Å². The Labute approximate surface area is 121 Å². The molecule has 0 unspecified atom stereocenters. The fourth-order valence-electron chi connectivity index (χ4n) is 1.82. The summed E-state index contributed by atoms with van der Waals surface area (Å²) in [5.41, 5.74) is 6.85. The summed E-state index contributed by atoms with van der Waals surface area (Å²) in [5, 5.41) is 0. The number of amides is 1. The minimum Gasteiger partial charge on any atom is -0.397 e. The number of rotatable bonds is 7. The van der Waals surface area contributed by atoms with Crippen molar-refractivity contribution < 1.29 is 22.7 Å². The minimum absolute atomic E-state index is 0.121. The summed E-state index contributed by atoms with van der Waals surface area (Å²) in [4.78, 5) is 13.6. The lowest BCUT2D eigenvalue weighted by molar-refractivity contribution is -0.174. The number of ether oxygens (including phenoxy) is 1. The van der Waals surface area contributed by atoms with Crippen molar-refractivity contribution in [2.45, 2.75) is 25.9 Å². The average molecular weight is 304 g/mol. The summed E-state index contributed by atoms with van der Waals surface area (Å²) in [6.45, 7) is 0.735. The van der Waals surface area contributed by atoms with Crippen molar-refractivity contribution in [1.82, 2.24) is 0 Å². The third kappa shape index (κ3) is 6.03. The predicted octanol–water partition coefficient (Wildman–Crippen LogP) is 2.98. The van der Waals surface area contributed by atoms with E-state index in [1.165, 1.54) is 4.90 Å². The maximum absolute atomic E-state index is 12.1. The van der Waals surface area contributed by atoms with Crippen molar-refractivity contribution in [3.8, 4) is 0 Å². The van der Waals surface area contributed by atoms with E-state index in [2.05, 4.69) is 4.74 Å². The number of alkyl halides is 3. The smallest absolute Gasteiger partial charge is 0.397 e. The van der Waals surface area contributed by atoms with Gasteiger partial charge in [-0.25, -0.2) is 0 Å². The van der Waals surface area contributed by atoms with E-state index in [9.17, 15) is 18.0 Å². The first-order valence-electron chi connectivity index (χ1n) is 6.64. The number of benzene rings is 1. The van der Waals surface area contributed by atoms with E-state index in [0.29, 0.717) is 24.3 Å². The third-order valence-electron chi connectivity index (χ3n) is 2.70. The maximum atomic E-state index is 12.1. The highest BCUT2D eigenvalue weighted by molar-refractivity contribution is 5.96. The molecule has 0 radical (unpaired) electrons. The summed E-state index contributed by atoms with van der Waals surface area (Å²) < 4.78 is 40.3. The average Bonchev–Trinajstić information content (AvgIpc) is 2.41. The second kappa shape index (κ2) is 7.87. The molecule has 1 aromatic rings. The van der Waals surface area contributed by atoms with Crippen LogP contribution in [0, 0.1) is 0 Å². The second-order valence-electron chi connectivity index (χ2n) is 4.52. The van der Waals surface area contributed by atoms with Gasteiger partial charge in [-0.05, 0) is 18.6 Å². The Morgan fingerprint density at radius 3 is 2.57 bits per heavy atom. The molecule has 0 aliphatic heterocycles. The maximum Gasteiger partial charge on any atom is 0.411 e. The lowest BCUT2D eigenvalue weighted by Crippen LogP contribution is -2.33. The van der Waals surface area contributed by atoms with Gasteiger partial charge in [0.15, 0.2) is 0 Å². The number of carbonyl (C=O) groups excluding carboxylic acids is 1. The molecule has 21 heavy (non-hydrogen) atoms. The molecule has 0 aliphatic rings. The molecule has 1 aromatic carbocycles. The van der Waals surface area contributed by atoms with Gasteiger partial charge >= 0.3 is 6.18 Å². The van der Waals surface area contributed by atoms with Crippen molar-refractivity contribution >= 4 is 17.3 Å². The van der Waals surface area contributed by atoms with Crippen molar-refractivity contribution in [2.24, 2.45) is 0 Å². The SMILES string of the molecule is CCCN(C(=O)CCOCC(F)(F)F)c1ccccc1N. The number of carbonyl (C=O) groups is 1. The summed E-state index contributed by atoms with van der Waals surface area (Å²) >= 11 is 0. The fraction of sp³-hybridized carbons (Fsp3) is 0.500. The highest BCUT2D eigenvalue weighted by atomic mass is 19.4. The molecule has 0 saturated heterocycles. The van der Waals surface area contributed by atoms with E-state index in [0.717, 1.165) is 0 Å². The summed E-state index contributed by atoms with van der Waals surface area (Å²) in [6, 6.07) is 6.88. The van der Waals surface area contributed by atoms with Crippen LogP contribution < -0.4 is 10.6 Å². The van der Waals surface area contributed by atoms with Crippen LogP contribution in [0.2, 0.25) is 0 Å². The molecule has 1 rings (SSSR count). The highest BCUT2D eigenvalue weighted by Gasteiger charge is 2.27. The molecular weight excluding hydrogens is 285 g/mol. The molecular formula is C14H19F3N2O2. The van der Waals surface area contributed by atoms with Crippen LogP contribution in [0.15, 0.2) is 24.3 Å². The first-order valence-corrected chi connectivity index (χ1v) is 6.64. The standard InChI is InChI=1S/C14H19F3N2O2/c1-2-8-19(12-6-4-3-5-11(12)18)13(20)7-9-21-10-14(15,16)17/h3-6H,2,7-10,18H2,1H3. The van der Waals surface area contributed by atoms with Gasteiger partial charge < -0.3 is 15.4 Å². The van der Waals surface area contributed by atoms with Crippen molar-refractivity contribution in [1.29, 1.82) is 0 Å². The largest absolute Gasteiger partial charge is 0.411 e. The van der Waals surface area contributed by atoms with Gasteiger partial charge in [0.2, 0.25) is 5.91 Å². The number of nitrogens with zero attached hydrogens (tertiary/aromatic N) is 1. The van der Waals surface area contributed by atoms with E-state index < -0.39 is 12.8 Å². The zero-order valence-electron chi connectivity index (χ0n) is 11.8. The van der Waals surface area contributed by atoms with Gasteiger partial charge in [-0.15, -0.1) is 0 Å². The number of anilines is 2. The van der Waals surface area contributed by atoms with Gasteiger partial charge in [-0.2, -0.15) is 13.2 Å². The minimum atomic E-state index is -4.38. The van der Waals surface area contributed by atoms with Crippen LogP contribution in [0.3, 0.4) is 0 Å². The predicted molar refractivity (Wildman–Crippen MR) is 75.0 cm³/mol. The first-order chi connectivity index (χ1) is 9.85. The van der Waals surface area contributed by atoms with Gasteiger partial charge in [-0.1, -0.05) is 19.1 Å². The van der Waals surface area contributed by atoms with Crippen LogP contribution in [0.4, 0.5) is 24.5 Å². The lowest BCUT2D eigenvalue weighted by Gasteiger charge is -2.23. The quantitative estimate of drug-likeness (QED) is 0.622. The monoisotopic (exact) mass is 304 g/mol. The Kier molecular flexibility index (Phi) is 6.48. The van der Waals surface area contributed by atoms with Crippen LogP contribution in [-0.2, 0) is 9.53 Å². The van der Waals surface area contributed by atoms with Crippen molar-refractivity contribution in [2.75, 3.05) is 30.4 Å². The highest BCUT2D eigenvalue weighted by Crippen LogP contribution is 2.23. The zero-order valence-corrected chi connectivity index (χ0v) is 11.8. The molecule has 7 heteroatoms. The normalized spacial score (nSPS) is 11.4. The Bertz CT molecular complexity index is 464. The molecule has 0 aliphatic carbocycles. The Balaban J connectivity index is 2.61. The number of para-hydroxylation sites is 2. The second-order valence-corrected chi connectivity index (χ2v) is 4.52. The van der Waals surface area contributed by atoms with Gasteiger partial charge in [0.1, 0.15) is 6.61 Å². The number of hydrogen-bond donors (Lipinski definition) is 1. The van der Waals surface area contributed by atoms with E-state index in [1.54, 1.807) is 24.3 Å². The Hall–Kier alpha value is -1.76. The molecule has 2 N–H and O–H groups in total. The lowest BCUT2D eigenvalue weighted by atomic mass is 10.2. The molecule has 0 heterocycles. The molecule has 1 amide bonds. The summed E-state index contributed by atoms with van der Waals surface area (Å²) in [5.74, 6) is -0.308. The van der Waals surface area contributed by atoms with E-state index in [4.69, 9.17) is 5.73 Å². The van der Waals surface area contributed by atoms with E-state index >= 15 is 0 Å². The van der Waals surface area contributed by atoms with Crippen LogP contribution in [0.5, 0.6) is 0 Å².